The molecule has 1 aromatic heterocycles. The van der Waals surface area contributed by atoms with Crippen LogP contribution in [0, 0.1) is 11.3 Å². The molecule has 2 aliphatic rings. The zero-order chi connectivity index (χ0) is 16.7. The third kappa shape index (κ3) is 2.80. The predicted octanol–water partition coefficient (Wildman–Crippen LogP) is 2.13. The van der Waals surface area contributed by atoms with E-state index in [1.807, 2.05) is 24.3 Å². The number of ether oxygens (including phenoxy) is 1. The van der Waals surface area contributed by atoms with E-state index in [-0.39, 0.29) is 0 Å². The zero-order valence-corrected chi connectivity index (χ0v) is 14.5. The Morgan fingerprint density at radius 2 is 2.00 bits per heavy atom. The largest absolute Gasteiger partial charge is 0.497 e. The lowest BCUT2D eigenvalue weighted by Crippen LogP contribution is -2.30. The number of likely N-dealkylation sites (tertiary alicyclic amines) is 2. The average molecular weight is 328 g/mol. The minimum Gasteiger partial charge on any atom is -0.497 e. The number of fused-ring (bicyclic) bond motifs is 1. The van der Waals surface area contributed by atoms with Gasteiger partial charge in [-0.1, -0.05) is 6.92 Å². The summed E-state index contributed by atoms with van der Waals surface area (Å²) < 4.78 is 11.0. The van der Waals surface area contributed by atoms with Crippen molar-refractivity contribution in [2.24, 2.45) is 11.3 Å². The monoisotopic (exact) mass is 328 g/mol. The van der Waals surface area contributed by atoms with Gasteiger partial charge in [0.1, 0.15) is 5.75 Å². The SMILES string of the molecule is COc1ccc(-c2nnc(CN3C[C@@H]4CN(C)C[C@]4(C)C3)o2)cc1. The first-order chi connectivity index (χ1) is 11.6. The summed E-state index contributed by atoms with van der Waals surface area (Å²) in [7, 11) is 3.87. The van der Waals surface area contributed by atoms with Gasteiger partial charge in [0, 0.05) is 31.7 Å². The third-order valence-electron chi connectivity index (χ3n) is 5.37. The van der Waals surface area contributed by atoms with Crippen molar-refractivity contribution >= 4 is 0 Å². The number of benzene rings is 1. The van der Waals surface area contributed by atoms with Crippen LogP contribution in [0.25, 0.3) is 11.5 Å². The van der Waals surface area contributed by atoms with E-state index in [1.54, 1.807) is 7.11 Å². The first kappa shape index (κ1) is 15.6. The molecule has 0 spiro atoms. The average Bonchev–Trinajstić information content (AvgIpc) is 3.19. The van der Waals surface area contributed by atoms with Crippen molar-refractivity contribution in [3.8, 4) is 17.2 Å². The molecular formula is C18H24N4O2. The molecule has 0 radical (unpaired) electrons. The Morgan fingerprint density at radius 3 is 2.71 bits per heavy atom. The summed E-state index contributed by atoms with van der Waals surface area (Å²) in [5.41, 5.74) is 1.31. The van der Waals surface area contributed by atoms with Gasteiger partial charge in [-0.15, -0.1) is 10.2 Å². The van der Waals surface area contributed by atoms with Gasteiger partial charge in [0.15, 0.2) is 0 Å². The fraction of sp³-hybridized carbons (Fsp3) is 0.556. The maximum Gasteiger partial charge on any atom is 0.247 e. The van der Waals surface area contributed by atoms with E-state index in [0.717, 1.165) is 36.9 Å². The number of hydrogen-bond donors (Lipinski definition) is 0. The van der Waals surface area contributed by atoms with Crippen LogP contribution in [0.3, 0.4) is 0 Å². The summed E-state index contributed by atoms with van der Waals surface area (Å²) in [4.78, 5) is 4.89. The fourth-order valence-corrected chi connectivity index (χ4v) is 4.23. The van der Waals surface area contributed by atoms with E-state index in [2.05, 4.69) is 34.0 Å². The lowest BCUT2D eigenvalue weighted by molar-refractivity contribution is 0.224. The van der Waals surface area contributed by atoms with Gasteiger partial charge < -0.3 is 14.1 Å². The molecule has 24 heavy (non-hydrogen) atoms. The maximum absolute atomic E-state index is 5.87. The molecule has 6 nitrogen and oxygen atoms in total. The molecule has 0 bridgehead atoms. The Bertz CT molecular complexity index is 714. The molecule has 0 unspecified atom stereocenters. The molecule has 2 saturated heterocycles. The zero-order valence-electron chi connectivity index (χ0n) is 14.5. The second-order valence-corrected chi connectivity index (χ2v) is 7.45. The molecule has 2 fully saturated rings. The van der Waals surface area contributed by atoms with Gasteiger partial charge >= 0.3 is 0 Å². The number of aromatic nitrogens is 2. The van der Waals surface area contributed by atoms with Crippen molar-refractivity contribution in [2.75, 3.05) is 40.3 Å². The van der Waals surface area contributed by atoms with Crippen molar-refractivity contribution in [1.82, 2.24) is 20.0 Å². The minimum absolute atomic E-state index is 0.396. The number of hydrogen-bond acceptors (Lipinski definition) is 6. The van der Waals surface area contributed by atoms with Crippen LogP contribution in [0.5, 0.6) is 5.75 Å². The Labute approximate surface area is 142 Å². The highest BCUT2D eigenvalue weighted by Crippen LogP contribution is 2.41. The first-order valence-corrected chi connectivity index (χ1v) is 8.43. The maximum atomic E-state index is 5.87. The van der Waals surface area contributed by atoms with Gasteiger partial charge in [-0.05, 0) is 42.6 Å². The molecule has 3 heterocycles. The molecule has 0 amide bonds. The summed E-state index contributed by atoms with van der Waals surface area (Å²) in [6, 6.07) is 7.68. The van der Waals surface area contributed by atoms with Crippen LogP contribution in [0.1, 0.15) is 12.8 Å². The molecule has 2 aromatic rings. The van der Waals surface area contributed by atoms with E-state index in [9.17, 15) is 0 Å². The Balaban J connectivity index is 1.43. The molecule has 2 atom stereocenters. The van der Waals surface area contributed by atoms with Crippen LogP contribution in [-0.4, -0.2) is 60.3 Å². The normalized spacial score (nSPS) is 27.5. The summed E-state index contributed by atoms with van der Waals surface area (Å²) in [5.74, 6) is 2.82. The van der Waals surface area contributed by atoms with Crippen LogP contribution >= 0.6 is 0 Å². The lowest BCUT2D eigenvalue weighted by atomic mass is 9.83. The molecule has 2 aliphatic heterocycles. The summed E-state index contributed by atoms with van der Waals surface area (Å²) in [6.45, 7) is 7.71. The molecule has 128 valence electrons. The second kappa shape index (κ2) is 5.86. The van der Waals surface area contributed by atoms with E-state index in [0.29, 0.717) is 17.2 Å². The van der Waals surface area contributed by atoms with Gasteiger partial charge in [-0.3, -0.25) is 4.90 Å². The van der Waals surface area contributed by atoms with E-state index in [1.165, 1.54) is 13.1 Å². The number of methoxy groups -OCH3 is 1. The molecular weight excluding hydrogens is 304 g/mol. The topological polar surface area (TPSA) is 54.6 Å². The van der Waals surface area contributed by atoms with Crippen molar-refractivity contribution < 1.29 is 9.15 Å². The summed E-state index contributed by atoms with van der Waals surface area (Å²) in [5, 5.41) is 8.42. The quantitative estimate of drug-likeness (QED) is 0.857. The lowest BCUT2D eigenvalue weighted by Gasteiger charge is -2.23. The van der Waals surface area contributed by atoms with Crippen LogP contribution in [0.2, 0.25) is 0 Å². The van der Waals surface area contributed by atoms with E-state index in [4.69, 9.17) is 9.15 Å². The van der Waals surface area contributed by atoms with Crippen LogP contribution in [0.15, 0.2) is 28.7 Å². The standard InChI is InChI=1S/C18H24N4O2/c1-18-11-21(2)8-14(18)9-22(12-18)10-16-19-20-17(24-16)13-4-6-15(23-3)7-5-13/h4-7,14H,8-12H2,1-3H3/t14-,18+/m0/s1. The Morgan fingerprint density at radius 1 is 1.21 bits per heavy atom. The molecule has 0 N–H and O–H groups in total. The summed E-state index contributed by atoms with van der Waals surface area (Å²) >= 11 is 0. The highest BCUT2D eigenvalue weighted by molar-refractivity contribution is 5.53. The van der Waals surface area contributed by atoms with Gasteiger partial charge in [-0.2, -0.15) is 0 Å². The van der Waals surface area contributed by atoms with E-state index >= 15 is 0 Å². The van der Waals surface area contributed by atoms with Crippen molar-refractivity contribution in [1.29, 1.82) is 0 Å². The number of nitrogens with zero attached hydrogens (tertiary/aromatic N) is 4. The first-order valence-electron chi connectivity index (χ1n) is 8.43. The molecule has 1 aromatic carbocycles. The van der Waals surface area contributed by atoms with Gasteiger partial charge in [0.2, 0.25) is 11.8 Å². The third-order valence-corrected chi connectivity index (χ3v) is 5.37. The number of rotatable bonds is 4. The highest BCUT2D eigenvalue weighted by Gasteiger charge is 2.48. The Hall–Kier alpha value is -1.92. The molecule has 0 aliphatic carbocycles. The summed E-state index contributed by atoms with van der Waals surface area (Å²) in [6.07, 6.45) is 0. The van der Waals surface area contributed by atoms with Crippen LogP contribution in [0.4, 0.5) is 0 Å². The van der Waals surface area contributed by atoms with Crippen molar-refractivity contribution in [3.63, 3.8) is 0 Å². The van der Waals surface area contributed by atoms with Gasteiger partial charge in [0.05, 0.1) is 13.7 Å². The van der Waals surface area contributed by atoms with Crippen LogP contribution < -0.4 is 4.74 Å². The molecule has 6 heteroatoms. The van der Waals surface area contributed by atoms with E-state index < -0.39 is 0 Å². The second-order valence-electron chi connectivity index (χ2n) is 7.45. The smallest absolute Gasteiger partial charge is 0.247 e. The molecule has 0 saturated carbocycles. The van der Waals surface area contributed by atoms with Crippen molar-refractivity contribution in [3.05, 3.63) is 30.2 Å². The van der Waals surface area contributed by atoms with Crippen molar-refractivity contribution in [2.45, 2.75) is 13.5 Å². The van der Waals surface area contributed by atoms with Gasteiger partial charge in [0.25, 0.3) is 0 Å². The highest BCUT2D eigenvalue weighted by atomic mass is 16.5. The minimum atomic E-state index is 0.396. The van der Waals surface area contributed by atoms with Gasteiger partial charge in [-0.25, -0.2) is 0 Å². The Kier molecular flexibility index (Phi) is 3.81. The van der Waals surface area contributed by atoms with Crippen LogP contribution in [-0.2, 0) is 6.54 Å². The fourth-order valence-electron chi connectivity index (χ4n) is 4.23. The predicted molar refractivity (Wildman–Crippen MR) is 90.7 cm³/mol. The molecule has 4 rings (SSSR count).